The van der Waals surface area contributed by atoms with Gasteiger partial charge in [0.2, 0.25) is 0 Å². The Balaban J connectivity index is 1.67. The molecule has 21 heavy (non-hydrogen) atoms. The van der Waals surface area contributed by atoms with E-state index in [1.165, 1.54) is 12.8 Å². The van der Waals surface area contributed by atoms with Gasteiger partial charge in [-0.1, -0.05) is 0 Å². The monoisotopic (exact) mass is 292 g/mol. The Kier molecular flexibility index (Phi) is 4.01. The average molecular weight is 292 g/mol. The van der Waals surface area contributed by atoms with Gasteiger partial charge in [-0.2, -0.15) is 0 Å². The lowest BCUT2D eigenvalue weighted by atomic mass is 10.0. The molecule has 2 fully saturated rings. The van der Waals surface area contributed by atoms with Crippen LogP contribution in [0.15, 0.2) is 18.2 Å². The molecule has 1 aromatic rings. The lowest BCUT2D eigenvalue weighted by Gasteiger charge is -2.26. The molecule has 0 aliphatic carbocycles. The molecule has 0 spiro atoms. The Morgan fingerprint density at radius 3 is 2.38 bits per heavy atom. The molecule has 1 aromatic carbocycles. The van der Waals surface area contributed by atoms with Crippen LogP contribution in [-0.2, 0) is 4.74 Å². The number of piperidine rings is 1. The first-order chi connectivity index (χ1) is 10.2. The second-order valence-corrected chi connectivity index (χ2v) is 5.86. The maximum absolute atomic E-state index is 12.3. The lowest BCUT2D eigenvalue weighted by molar-refractivity contribution is -0.712. The van der Waals surface area contributed by atoms with Gasteiger partial charge >= 0.3 is 5.97 Å². The maximum Gasteiger partial charge on any atom is 0.338 e. The summed E-state index contributed by atoms with van der Waals surface area (Å²) >= 11 is 0. The van der Waals surface area contributed by atoms with Crippen LogP contribution in [-0.4, -0.2) is 38.4 Å². The van der Waals surface area contributed by atoms with Gasteiger partial charge in [0.15, 0.2) is 11.5 Å². The number of rotatable bonds is 4. The summed E-state index contributed by atoms with van der Waals surface area (Å²) in [5, 5.41) is 2.43. The van der Waals surface area contributed by atoms with E-state index in [1.54, 1.807) is 32.4 Å². The van der Waals surface area contributed by atoms with Crippen LogP contribution in [0, 0.1) is 0 Å². The minimum Gasteiger partial charge on any atom is -0.493 e. The van der Waals surface area contributed by atoms with Crippen molar-refractivity contribution in [2.45, 2.75) is 43.9 Å². The molecular weight excluding hydrogens is 270 g/mol. The molecule has 5 nitrogen and oxygen atoms in total. The van der Waals surface area contributed by atoms with Crippen molar-refractivity contribution in [2.75, 3.05) is 14.2 Å². The van der Waals surface area contributed by atoms with Crippen molar-refractivity contribution < 1.29 is 24.3 Å². The summed E-state index contributed by atoms with van der Waals surface area (Å²) in [7, 11) is 3.13. The molecule has 2 N–H and O–H groups in total. The first kappa shape index (κ1) is 14.2. The van der Waals surface area contributed by atoms with E-state index < -0.39 is 0 Å². The number of nitrogens with two attached hydrogens (primary N) is 1. The van der Waals surface area contributed by atoms with Crippen molar-refractivity contribution in [3.05, 3.63) is 23.8 Å². The van der Waals surface area contributed by atoms with E-state index in [0.717, 1.165) is 12.8 Å². The summed E-state index contributed by atoms with van der Waals surface area (Å²) in [5.74, 6) is 0.880. The van der Waals surface area contributed by atoms with Crippen LogP contribution < -0.4 is 14.8 Å². The van der Waals surface area contributed by atoms with Gasteiger partial charge in [-0.25, -0.2) is 4.79 Å². The van der Waals surface area contributed by atoms with E-state index in [-0.39, 0.29) is 12.1 Å². The summed E-state index contributed by atoms with van der Waals surface area (Å²) in [6, 6.07) is 6.38. The Labute approximate surface area is 124 Å². The van der Waals surface area contributed by atoms with Gasteiger partial charge in [-0.05, 0) is 18.2 Å². The smallest absolute Gasteiger partial charge is 0.338 e. The number of quaternary nitrogens is 1. The fourth-order valence-electron chi connectivity index (χ4n) is 3.45. The second-order valence-electron chi connectivity index (χ2n) is 5.86. The Hall–Kier alpha value is -1.75. The molecule has 5 heteroatoms. The quantitative estimate of drug-likeness (QED) is 0.845. The second kappa shape index (κ2) is 5.93. The first-order valence-corrected chi connectivity index (χ1v) is 7.47. The van der Waals surface area contributed by atoms with Crippen LogP contribution in [0.3, 0.4) is 0 Å². The van der Waals surface area contributed by atoms with Crippen molar-refractivity contribution in [3.63, 3.8) is 0 Å². The molecule has 2 aliphatic heterocycles. The average Bonchev–Trinajstić information content (AvgIpc) is 2.85. The third kappa shape index (κ3) is 2.97. The number of benzene rings is 1. The molecule has 0 amide bonds. The summed E-state index contributed by atoms with van der Waals surface area (Å²) in [4.78, 5) is 12.3. The third-order valence-corrected chi connectivity index (χ3v) is 4.48. The van der Waals surface area contributed by atoms with Gasteiger partial charge in [0.05, 0.1) is 31.9 Å². The number of carbonyl (C=O) groups is 1. The number of hydrogen-bond acceptors (Lipinski definition) is 4. The van der Waals surface area contributed by atoms with Crippen LogP contribution in [0.5, 0.6) is 11.5 Å². The molecular formula is C16H22NO4+. The minimum absolute atomic E-state index is 0.0492. The van der Waals surface area contributed by atoms with Crippen molar-refractivity contribution in [2.24, 2.45) is 0 Å². The highest BCUT2D eigenvalue weighted by molar-refractivity contribution is 5.90. The van der Waals surface area contributed by atoms with E-state index in [1.807, 2.05) is 0 Å². The number of methoxy groups -OCH3 is 2. The molecule has 0 saturated carbocycles. The molecule has 2 aliphatic rings. The minimum atomic E-state index is -0.276. The molecule has 2 saturated heterocycles. The van der Waals surface area contributed by atoms with Crippen molar-refractivity contribution in [3.8, 4) is 11.5 Å². The number of hydrogen-bond donors (Lipinski definition) is 1. The van der Waals surface area contributed by atoms with Crippen molar-refractivity contribution in [1.29, 1.82) is 0 Å². The highest BCUT2D eigenvalue weighted by atomic mass is 16.5. The summed E-state index contributed by atoms with van der Waals surface area (Å²) in [6.45, 7) is 0. The summed E-state index contributed by atoms with van der Waals surface area (Å²) in [6.07, 6.45) is 4.47. The maximum atomic E-state index is 12.3. The van der Waals surface area contributed by atoms with E-state index in [4.69, 9.17) is 14.2 Å². The van der Waals surface area contributed by atoms with Crippen molar-refractivity contribution >= 4 is 5.97 Å². The molecule has 3 rings (SSSR count). The first-order valence-electron chi connectivity index (χ1n) is 7.47. The predicted molar refractivity (Wildman–Crippen MR) is 76.7 cm³/mol. The van der Waals surface area contributed by atoms with Crippen LogP contribution in [0.4, 0.5) is 0 Å². The molecule has 0 radical (unpaired) electrons. The van der Waals surface area contributed by atoms with E-state index in [2.05, 4.69) is 5.32 Å². The highest BCUT2D eigenvalue weighted by Gasteiger charge is 2.39. The molecule has 2 heterocycles. The van der Waals surface area contributed by atoms with Crippen LogP contribution >= 0.6 is 0 Å². The summed E-state index contributed by atoms with van der Waals surface area (Å²) in [5.41, 5.74) is 0.509. The molecule has 3 atom stereocenters. The fourth-order valence-corrected chi connectivity index (χ4v) is 3.45. The third-order valence-electron chi connectivity index (χ3n) is 4.48. The van der Waals surface area contributed by atoms with Gasteiger partial charge in [-0.3, -0.25) is 0 Å². The zero-order valence-corrected chi connectivity index (χ0v) is 12.5. The SMILES string of the molecule is COc1ccc(C(=O)OC2C[C@H]3CC[C@@H](C2)[NH2+]3)cc1OC. The molecule has 0 aromatic heterocycles. The largest absolute Gasteiger partial charge is 0.493 e. The van der Waals surface area contributed by atoms with E-state index in [0.29, 0.717) is 29.1 Å². The zero-order chi connectivity index (χ0) is 14.8. The van der Waals surface area contributed by atoms with Gasteiger partial charge < -0.3 is 19.5 Å². The van der Waals surface area contributed by atoms with Gasteiger partial charge in [0, 0.05) is 25.7 Å². The topological polar surface area (TPSA) is 61.4 Å². The standard InChI is InChI=1S/C16H21NO4/c1-19-14-6-3-10(7-15(14)20-2)16(18)21-13-8-11-4-5-12(9-13)17-11/h3,6-7,11-13,17H,4-5,8-9H2,1-2H3/p+1/t11-,12+,13?. The summed E-state index contributed by atoms with van der Waals surface area (Å²) < 4.78 is 16.1. The van der Waals surface area contributed by atoms with Gasteiger partial charge in [-0.15, -0.1) is 0 Å². The normalized spacial score (nSPS) is 27.2. The zero-order valence-electron chi connectivity index (χ0n) is 12.5. The van der Waals surface area contributed by atoms with E-state index in [9.17, 15) is 4.79 Å². The number of esters is 1. The molecule has 2 bridgehead atoms. The number of carbonyl (C=O) groups excluding carboxylic acids is 1. The van der Waals surface area contributed by atoms with Crippen LogP contribution in [0.1, 0.15) is 36.0 Å². The molecule has 1 unspecified atom stereocenters. The Morgan fingerprint density at radius 1 is 1.10 bits per heavy atom. The van der Waals surface area contributed by atoms with Gasteiger partial charge in [0.1, 0.15) is 6.10 Å². The van der Waals surface area contributed by atoms with Crippen LogP contribution in [0.25, 0.3) is 0 Å². The van der Waals surface area contributed by atoms with Crippen LogP contribution in [0.2, 0.25) is 0 Å². The Bertz CT molecular complexity index is 519. The van der Waals surface area contributed by atoms with Crippen molar-refractivity contribution in [1.82, 2.24) is 0 Å². The predicted octanol–water partition coefficient (Wildman–Crippen LogP) is 1.12. The molecule has 114 valence electrons. The number of fused-ring (bicyclic) bond motifs is 2. The number of ether oxygens (including phenoxy) is 3. The van der Waals surface area contributed by atoms with Gasteiger partial charge in [0.25, 0.3) is 0 Å². The lowest BCUT2D eigenvalue weighted by Crippen LogP contribution is -2.93. The fraction of sp³-hybridized carbons (Fsp3) is 0.562. The highest BCUT2D eigenvalue weighted by Crippen LogP contribution is 2.29. The van der Waals surface area contributed by atoms with E-state index >= 15 is 0 Å². The Morgan fingerprint density at radius 2 is 1.76 bits per heavy atom.